The van der Waals surface area contributed by atoms with Crippen molar-refractivity contribution in [2.75, 3.05) is 66.1 Å². The van der Waals surface area contributed by atoms with Gasteiger partial charge in [-0.05, 0) is 24.1 Å². The first kappa shape index (κ1) is 25.9. The van der Waals surface area contributed by atoms with E-state index in [1.807, 2.05) is 12.1 Å². The number of halogens is 2. The maximum Gasteiger partial charge on any atom is 0.234 e. The van der Waals surface area contributed by atoms with Gasteiger partial charge in [-0.25, -0.2) is 0 Å². The molecule has 1 atom stereocenters. The highest BCUT2D eigenvalue weighted by atomic mass is 35.5. The molecule has 0 spiro atoms. The number of nitrogens with one attached hydrogen (secondary N) is 2. The van der Waals surface area contributed by atoms with Crippen LogP contribution in [0.3, 0.4) is 0 Å². The second-order valence-corrected chi connectivity index (χ2v) is 8.69. The number of carbonyl (C=O) groups excluding carboxylic acids is 2. The summed E-state index contributed by atoms with van der Waals surface area (Å²) in [4.78, 5) is 28.6. The normalized spacial score (nSPS) is 16.1. The van der Waals surface area contributed by atoms with Crippen LogP contribution in [-0.4, -0.2) is 87.7 Å². The summed E-state index contributed by atoms with van der Waals surface area (Å²) < 4.78 is 4.93. The summed E-state index contributed by atoms with van der Waals surface area (Å²) in [7, 11) is 1.61. The fraction of sp³-hybridized carbons (Fsp3) is 0.636. The summed E-state index contributed by atoms with van der Waals surface area (Å²) in [5.41, 5.74) is 1.02. The summed E-state index contributed by atoms with van der Waals surface area (Å²) >= 11 is 12.4. The molecule has 1 aromatic carbocycles. The number of benzene rings is 1. The van der Waals surface area contributed by atoms with Crippen LogP contribution in [0.15, 0.2) is 18.2 Å². The Hall–Kier alpha value is -1.38. The zero-order valence-corrected chi connectivity index (χ0v) is 20.0. The lowest BCUT2D eigenvalue weighted by atomic mass is 9.94. The molecule has 31 heavy (non-hydrogen) atoms. The van der Waals surface area contributed by atoms with E-state index < -0.39 is 0 Å². The van der Waals surface area contributed by atoms with Crippen LogP contribution in [0, 0.1) is 0 Å². The predicted octanol–water partition coefficient (Wildman–Crippen LogP) is 2.37. The van der Waals surface area contributed by atoms with Crippen LogP contribution < -0.4 is 10.6 Å². The summed E-state index contributed by atoms with van der Waals surface area (Å²) in [6, 6.07) is 5.53. The van der Waals surface area contributed by atoms with Gasteiger partial charge in [0, 0.05) is 62.3 Å². The third-order valence-corrected chi connectivity index (χ3v) is 5.98. The molecule has 1 unspecified atom stereocenters. The van der Waals surface area contributed by atoms with Crippen molar-refractivity contribution in [2.24, 2.45) is 0 Å². The average molecular weight is 473 g/mol. The van der Waals surface area contributed by atoms with E-state index in [2.05, 4.69) is 27.4 Å². The minimum Gasteiger partial charge on any atom is -0.383 e. The van der Waals surface area contributed by atoms with E-state index in [-0.39, 0.29) is 17.7 Å². The Bertz CT molecular complexity index is 712. The van der Waals surface area contributed by atoms with Gasteiger partial charge in [-0.15, -0.1) is 0 Å². The molecule has 0 aliphatic carbocycles. The smallest absolute Gasteiger partial charge is 0.234 e. The van der Waals surface area contributed by atoms with Crippen molar-refractivity contribution in [3.8, 4) is 0 Å². The Morgan fingerprint density at radius 2 is 1.68 bits per heavy atom. The van der Waals surface area contributed by atoms with Crippen molar-refractivity contribution in [1.29, 1.82) is 0 Å². The molecule has 1 aromatic rings. The zero-order chi connectivity index (χ0) is 22.6. The van der Waals surface area contributed by atoms with E-state index in [1.165, 1.54) is 0 Å². The average Bonchev–Trinajstić information content (AvgIpc) is 2.73. The molecule has 7 nitrogen and oxygen atoms in total. The van der Waals surface area contributed by atoms with Gasteiger partial charge >= 0.3 is 0 Å². The Morgan fingerprint density at radius 3 is 2.23 bits per heavy atom. The van der Waals surface area contributed by atoms with Crippen LogP contribution in [0.5, 0.6) is 0 Å². The predicted molar refractivity (Wildman–Crippen MR) is 125 cm³/mol. The summed E-state index contributed by atoms with van der Waals surface area (Å²) in [5.74, 6) is 0.176. The monoisotopic (exact) mass is 472 g/mol. The Balaban J connectivity index is 1.73. The minimum atomic E-state index is 0.00562. The second kappa shape index (κ2) is 13.9. The molecule has 1 saturated heterocycles. The van der Waals surface area contributed by atoms with Gasteiger partial charge in [0.15, 0.2) is 0 Å². The quantitative estimate of drug-likeness (QED) is 0.456. The lowest BCUT2D eigenvalue weighted by molar-refractivity contribution is -0.125. The zero-order valence-electron chi connectivity index (χ0n) is 18.5. The number of amides is 2. The van der Waals surface area contributed by atoms with E-state index in [4.69, 9.17) is 27.9 Å². The van der Waals surface area contributed by atoms with Gasteiger partial charge in [-0.3, -0.25) is 19.4 Å². The number of hydrogen-bond acceptors (Lipinski definition) is 5. The highest BCUT2D eigenvalue weighted by molar-refractivity contribution is 6.35. The fourth-order valence-electron chi connectivity index (χ4n) is 3.70. The number of ether oxygens (including phenoxy) is 1. The molecule has 2 N–H and O–H groups in total. The van der Waals surface area contributed by atoms with Gasteiger partial charge in [0.05, 0.1) is 19.7 Å². The van der Waals surface area contributed by atoms with Crippen LogP contribution in [0.1, 0.15) is 31.2 Å². The van der Waals surface area contributed by atoms with E-state index in [0.29, 0.717) is 42.8 Å². The van der Waals surface area contributed by atoms with E-state index in [0.717, 1.165) is 44.6 Å². The summed E-state index contributed by atoms with van der Waals surface area (Å²) in [6.45, 7) is 7.51. The van der Waals surface area contributed by atoms with Crippen LogP contribution in [0.25, 0.3) is 0 Å². The van der Waals surface area contributed by atoms with E-state index in [1.54, 1.807) is 13.2 Å². The molecule has 1 fully saturated rings. The molecule has 2 amide bonds. The van der Waals surface area contributed by atoms with Crippen LogP contribution >= 0.6 is 23.2 Å². The Kier molecular flexibility index (Phi) is 11.6. The van der Waals surface area contributed by atoms with Crippen LogP contribution in [0.2, 0.25) is 10.0 Å². The van der Waals surface area contributed by atoms with Crippen molar-refractivity contribution in [1.82, 2.24) is 20.4 Å². The number of nitrogens with zero attached hydrogens (tertiary/aromatic N) is 2. The molecule has 9 heteroatoms. The maximum atomic E-state index is 12.5. The molecule has 1 heterocycles. The van der Waals surface area contributed by atoms with Gasteiger partial charge in [0.1, 0.15) is 0 Å². The molecule has 0 bridgehead atoms. The van der Waals surface area contributed by atoms with Gasteiger partial charge in [0.25, 0.3) is 0 Å². The molecule has 1 aliphatic heterocycles. The standard InChI is InChI=1S/C22H34Cl2N4O3/c1-3-4-17(19-6-5-18(23)13-20(19)24)14-26-22(30)16-28-10-8-27(9-11-28)15-21(29)25-7-12-31-2/h5-6,13,17H,3-4,7-12,14-16H2,1-2H3,(H,25,29)(H,26,30). The number of hydrogen-bond donors (Lipinski definition) is 2. The summed E-state index contributed by atoms with van der Waals surface area (Å²) in [5, 5.41) is 7.15. The molecule has 2 rings (SSSR count). The topological polar surface area (TPSA) is 73.9 Å². The number of rotatable bonds is 12. The van der Waals surface area contributed by atoms with E-state index in [9.17, 15) is 9.59 Å². The first-order valence-electron chi connectivity index (χ1n) is 10.8. The SMILES string of the molecule is CCCC(CNC(=O)CN1CCN(CC(=O)NCCOC)CC1)c1ccc(Cl)cc1Cl. The van der Waals surface area contributed by atoms with Gasteiger partial charge < -0.3 is 15.4 Å². The number of methoxy groups -OCH3 is 1. The molecule has 0 radical (unpaired) electrons. The highest BCUT2D eigenvalue weighted by Crippen LogP contribution is 2.30. The van der Waals surface area contributed by atoms with Crippen molar-refractivity contribution in [3.63, 3.8) is 0 Å². The largest absolute Gasteiger partial charge is 0.383 e. The van der Waals surface area contributed by atoms with Crippen LogP contribution in [-0.2, 0) is 14.3 Å². The van der Waals surface area contributed by atoms with Gasteiger partial charge in [0.2, 0.25) is 11.8 Å². The molecule has 174 valence electrons. The van der Waals surface area contributed by atoms with Gasteiger partial charge in [-0.1, -0.05) is 42.6 Å². The molecular formula is C22H34Cl2N4O3. The van der Waals surface area contributed by atoms with Crippen molar-refractivity contribution in [3.05, 3.63) is 33.8 Å². The van der Waals surface area contributed by atoms with Gasteiger partial charge in [-0.2, -0.15) is 0 Å². The molecule has 0 saturated carbocycles. The van der Waals surface area contributed by atoms with Crippen molar-refractivity contribution in [2.45, 2.75) is 25.7 Å². The van der Waals surface area contributed by atoms with Crippen molar-refractivity contribution >= 4 is 35.0 Å². The Labute approximate surface area is 195 Å². The minimum absolute atomic E-state index is 0.00562. The number of carbonyl (C=O) groups is 2. The first-order valence-corrected chi connectivity index (χ1v) is 11.6. The molecule has 1 aliphatic rings. The molecule has 0 aromatic heterocycles. The second-order valence-electron chi connectivity index (χ2n) is 7.85. The maximum absolute atomic E-state index is 12.5. The fourth-order valence-corrected chi connectivity index (χ4v) is 4.26. The van der Waals surface area contributed by atoms with Crippen LogP contribution in [0.4, 0.5) is 0 Å². The lowest BCUT2D eigenvalue weighted by Crippen LogP contribution is -2.51. The third-order valence-electron chi connectivity index (χ3n) is 5.41. The van der Waals surface area contributed by atoms with E-state index >= 15 is 0 Å². The molecular weight excluding hydrogens is 439 g/mol. The lowest BCUT2D eigenvalue weighted by Gasteiger charge is -2.33. The summed E-state index contributed by atoms with van der Waals surface area (Å²) in [6.07, 6.45) is 1.94. The third kappa shape index (κ3) is 9.33. The Morgan fingerprint density at radius 1 is 1.06 bits per heavy atom. The highest BCUT2D eigenvalue weighted by Gasteiger charge is 2.21. The first-order chi connectivity index (χ1) is 14.9. The van der Waals surface area contributed by atoms with Crippen molar-refractivity contribution < 1.29 is 14.3 Å². The number of piperazine rings is 1.